The zero-order valence-corrected chi connectivity index (χ0v) is 8.33. The Labute approximate surface area is 78.0 Å². The normalized spacial score (nSPS) is 34.3. The second kappa shape index (κ2) is 3.79. The zero-order valence-electron chi connectivity index (χ0n) is 7.44. The molecule has 0 aliphatic carbocycles. The minimum absolute atomic E-state index is 0.491. The quantitative estimate of drug-likeness (QED) is 0.564. The summed E-state index contributed by atoms with van der Waals surface area (Å²) in [5.41, 5.74) is 0. The van der Waals surface area contributed by atoms with Crippen molar-refractivity contribution >= 4 is 7.60 Å². The fourth-order valence-corrected chi connectivity index (χ4v) is 3.15. The highest BCUT2D eigenvalue weighted by Gasteiger charge is 2.30. The van der Waals surface area contributed by atoms with Crippen LogP contribution in [0.25, 0.3) is 0 Å². The molecule has 0 aromatic heterocycles. The molecule has 0 radical (unpaired) electrons. The van der Waals surface area contributed by atoms with Crippen LogP contribution in [-0.4, -0.2) is 13.2 Å². The molecule has 0 amide bonds. The van der Waals surface area contributed by atoms with E-state index in [2.05, 4.69) is 0 Å². The highest BCUT2D eigenvalue weighted by Crippen LogP contribution is 2.58. The van der Waals surface area contributed by atoms with Gasteiger partial charge in [-0.1, -0.05) is 18.2 Å². The number of hydrogen-bond acceptors (Lipinski definition) is 3. The van der Waals surface area contributed by atoms with E-state index in [4.69, 9.17) is 9.05 Å². The minimum atomic E-state index is -2.93. The van der Waals surface area contributed by atoms with E-state index in [1.165, 1.54) is 0 Å². The molecule has 4 heteroatoms. The van der Waals surface area contributed by atoms with Gasteiger partial charge >= 0.3 is 7.60 Å². The predicted molar refractivity (Wildman–Crippen MR) is 50.6 cm³/mol. The largest absolute Gasteiger partial charge is 0.361 e. The van der Waals surface area contributed by atoms with Crippen molar-refractivity contribution in [2.75, 3.05) is 13.2 Å². The zero-order chi connectivity index (χ0) is 9.15. The van der Waals surface area contributed by atoms with Gasteiger partial charge in [0.15, 0.2) is 0 Å². The summed E-state index contributed by atoms with van der Waals surface area (Å²) in [4.78, 5) is 0. The lowest BCUT2D eigenvalue weighted by molar-refractivity contribution is 0.215. The van der Waals surface area contributed by atoms with Crippen LogP contribution in [0.4, 0.5) is 0 Å². The first-order chi connectivity index (χ1) is 6.31. The SMILES string of the molecule is O=P12OCCC=CC1=CCCCO2. The van der Waals surface area contributed by atoms with E-state index in [-0.39, 0.29) is 0 Å². The second-order valence-corrected chi connectivity index (χ2v) is 5.15. The van der Waals surface area contributed by atoms with E-state index in [0.29, 0.717) is 13.2 Å². The lowest BCUT2D eigenvalue weighted by Gasteiger charge is -2.15. The molecule has 0 spiro atoms. The number of allylic oxidation sites excluding steroid dienone is 3. The van der Waals surface area contributed by atoms with Crippen molar-refractivity contribution in [1.29, 1.82) is 0 Å². The molecule has 1 unspecified atom stereocenters. The first kappa shape index (κ1) is 9.20. The van der Waals surface area contributed by atoms with E-state index in [1.54, 1.807) is 0 Å². The second-order valence-electron chi connectivity index (χ2n) is 3.13. The summed E-state index contributed by atoms with van der Waals surface area (Å²) >= 11 is 0. The van der Waals surface area contributed by atoms with Gasteiger partial charge in [0, 0.05) is 0 Å². The maximum absolute atomic E-state index is 12.1. The van der Waals surface area contributed by atoms with Crippen LogP contribution in [0.15, 0.2) is 23.5 Å². The molecule has 3 nitrogen and oxygen atoms in total. The third kappa shape index (κ3) is 1.93. The highest BCUT2D eigenvalue weighted by atomic mass is 31.2. The number of rotatable bonds is 0. The Hall–Kier alpha value is -0.370. The molecule has 72 valence electrons. The van der Waals surface area contributed by atoms with Crippen LogP contribution in [0.5, 0.6) is 0 Å². The topological polar surface area (TPSA) is 35.5 Å². The smallest absolute Gasteiger partial charge is 0.305 e. The molecule has 0 aromatic carbocycles. The molecule has 2 heterocycles. The van der Waals surface area contributed by atoms with Gasteiger partial charge in [-0.3, -0.25) is 4.57 Å². The number of fused-ring (bicyclic) bond motifs is 1. The molecule has 0 bridgehead atoms. The summed E-state index contributed by atoms with van der Waals surface area (Å²) in [5.74, 6) is 0. The average Bonchev–Trinajstić information content (AvgIpc) is 2.37. The number of hydrogen-bond donors (Lipinski definition) is 0. The maximum Gasteiger partial charge on any atom is 0.361 e. The molecule has 2 aliphatic rings. The Balaban J connectivity index is 2.33. The predicted octanol–water partition coefficient (Wildman–Crippen LogP) is 2.85. The Morgan fingerprint density at radius 1 is 1.23 bits per heavy atom. The average molecular weight is 200 g/mol. The lowest BCUT2D eigenvalue weighted by atomic mass is 10.3. The first-order valence-corrected chi connectivity index (χ1v) is 6.12. The first-order valence-electron chi connectivity index (χ1n) is 4.58. The van der Waals surface area contributed by atoms with Gasteiger partial charge < -0.3 is 9.05 Å². The lowest BCUT2D eigenvalue weighted by Crippen LogP contribution is -1.96. The van der Waals surface area contributed by atoms with Gasteiger partial charge in [0.1, 0.15) is 0 Å². The summed E-state index contributed by atoms with van der Waals surface area (Å²) in [7, 11) is -2.93. The fraction of sp³-hybridized carbons (Fsp3) is 0.556. The Kier molecular flexibility index (Phi) is 2.68. The van der Waals surface area contributed by atoms with Gasteiger partial charge in [0.25, 0.3) is 0 Å². The molecule has 2 rings (SSSR count). The summed E-state index contributed by atoms with van der Waals surface area (Å²) in [6.45, 7) is 1.02. The van der Waals surface area contributed by atoms with Crippen molar-refractivity contribution in [2.24, 2.45) is 0 Å². The minimum Gasteiger partial charge on any atom is -0.305 e. The van der Waals surface area contributed by atoms with Crippen LogP contribution in [0.2, 0.25) is 0 Å². The van der Waals surface area contributed by atoms with E-state index in [9.17, 15) is 4.57 Å². The van der Waals surface area contributed by atoms with E-state index < -0.39 is 7.60 Å². The van der Waals surface area contributed by atoms with Crippen molar-refractivity contribution in [2.45, 2.75) is 19.3 Å². The maximum atomic E-state index is 12.1. The van der Waals surface area contributed by atoms with Crippen molar-refractivity contribution in [3.05, 3.63) is 23.5 Å². The molecule has 13 heavy (non-hydrogen) atoms. The molecule has 0 N–H and O–H groups in total. The third-order valence-corrected chi connectivity index (χ3v) is 4.12. The van der Waals surface area contributed by atoms with Crippen LogP contribution >= 0.6 is 7.60 Å². The Morgan fingerprint density at radius 2 is 2.08 bits per heavy atom. The van der Waals surface area contributed by atoms with Crippen molar-refractivity contribution in [3.63, 3.8) is 0 Å². The van der Waals surface area contributed by atoms with Gasteiger partial charge in [-0.05, 0) is 19.3 Å². The van der Waals surface area contributed by atoms with Crippen molar-refractivity contribution < 1.29 is 13.6 Å². The van der Waals surface area contributed by atoms with Gasteiger partial charge in [0.05, 0.1) is 18.5 Å². The molecule has 0 fully saturated rings. The molecule has 0 saturated heterocycles. The summed E-state index contributed by atoms with van der Waals surface area (Å²) < 4.78 is 22.7. The van der Waals surface area contributed by atoms with Crippen LogP contribution in [-0.2, 0) is 13.6 Å². The van der Waals surface area contributed by atoms with E-state index in [1.807, 2.05) is 18.2 Å². The molecule has 0 aromatic rings. The van der Waals surface area contributed by atoms with Gasteiger partial charge in [0.2, 0.25) is 0 Å². The standard InChI is InChI=1S/C9H13O3P/c10-13-9(5-1-3-7-11-13)6-2-4-8-12-13/h1,5-6H,2-4,7-8H2. The highest BCUT2D eigenvalue weighted by molar-refractivity contribution is 7.58. The summed E-state index contributed by atoms with van der Waals surface area (Å²) in [6, 6.07) is 0. The van der Waals surface area contributed by atoms with Crippen LogP contribution in [0.3, 0.4) is 0 Å². The molecular weight excluding hydrogens is 187 g/mol. The summed E-state index contributed by atoms with van der Waals surface area (Å²) in [6.07, 6.45) is 8.48. The monoisotopic (exact) mass is 200 g/mol. The van der Waals surface area contributed by atoms with Gasteiger partial charge in [-0.15, -0.1) is 0 Å². The third-order valence-electron chi connectivity index (χ3n) is 2.11. The fourth-order valence-electron chi connectivity index (χ4n) is 1.42. The van der Waals surface area contributed by atoms with Crippen molar-refractivity contribution in [1.82, 2.24) is 0 Å². The van der Waals surface area contributed by atoms with Gasteiger partial charge in [-0.2, -0.15) is 0 Å². The van der Waals surface area contributed by atoms with Crippen LogP contribution in [0.1, 0.15) is 19.3 Å². The van der Waals surface area contributed by atoms with E-state index >= 15 is 0 Å². The van der Waals surface area contributed by atoms with Crippen LogP contribution in [0, 0.1) is 0 Å². The van der Waals surface area contributed by atoms with Crippen LogP contribution < -0.4 is 0 Å². The Morgan fingerprint density at radius 3 is 3.00 bits per heavy atom. The molecular formula is C9H13O3P. The molecule has 2 aliphatic heterocycles. The molecule has 0 saturated carbocycles. The molecule has 1 atom stereocenters. The summed E-state index contributed by atoms with van der Waals surface area (Å²) in [5, 5.41) is 0.738. The van der Waals surface area contributed by atoms with Crippen molar-refractivity contribution in [3.8, 4) is 0 Å². The van der Waals surface area contributed by atoms with Gasteiger partial charge in [-0.25, -0.2) is 0 Å². The Bertz CT molecular complexity index is 287. The van der Waals surface area contributed by atoms with E-state index in [0.717, 1.165) is 24.6 Å².